The minimum atomic E-state index is 0.173. The topological polar surface area (TPSA) is 64.9 Å². The second-order valence-electron chi connectivity index (χ2n) is 4.16. The van der Waals surface area contributed by atoms with Gasteiger partial charge in [-0.15, -0.1) is 0 Å². The molecular formula is C10H19N3O. The van der Waals surface area contributed by atoms with E-state index in [1.54, 1.807) is 0 Å². The molecule has 14 heavy (non-hydrogen) atoms. The van der Waals surface area contributed by atoms with Crippen LogP contribution in [0.1, 0.15) is 51.2 Å². The standard InChI is InChI=1S/C10H19N3O/c1-6(2)8(4)10-12-9(13-14-10)7(3)5-11/h6-8H,5,11H2,1-4H3. The highest BCUT2D eigenvalue weighted by Crippen LogP contribution is 2.23. The molecule has 0 radical (unpaired) electrons. The zero-order chi connectivity index (χ0) is 10.7. The Morgan fingerprint density at radius 1 is 1.29 bits per heavy atom. The van der Waals surface area contributed by atoms with Crippen LogP contribution >= 0.6 is 0 Å². The zero-order valence-corrected chi connectivity index (χ0v) is 9.32. The quantitative estimate of drug-likeness (QED) is 0.800. The van der Waals surface area contributed by atoms with Gasteiger partial charge in [-0.1, -0.05) is 32.9 Å². The molecule has 80 valence electrons. The predicted molar refractivity (Wildman–Crippen MR) is 55.0 cm³/mol. The first-order valence-corrected chi connectivity index (χ1v) is 5.09. The van der Waals surface area contributed by atoms with Gasteiger partial charge >= 0.3 is 0 Å². The summed E-state index contributed by atoms with van der Waals surface area (Å²) in [6, 6.07) is 0. The summed E-state index contributed by atoms with van der Waals surface area (Å²) >= 11 is 0. The zero-order valence-electron chi connectivity index (χ0n) is 9.32. The summed E-state index contributed by atoms with van der Waals surface area (Å²) in [7, 11) is 0. The van der Waals surface area contributed by atoms with E-state index in [0.29, 0.717) is 18.4 Å². The van der Waals surface area contributed by atoms with Gasteiger partial charge in [0.2, 0.25) is 5.89 Å². The van der Waals surface area contributed by atoms with Crippen LogP contribution < -0.4 is 5.73 Å². The SMILES string of the molecule is CC(CN)c1noc(C(C)C(C)C)n1. The van der Waals surface area contributed by atoms with Crippen molar-refractivity contribution in [2.24, 2.45) is 11.7 Å². The molecule has 1 aromatic rings. The van der Waals surface area contributed by atoms with Gasteiger partial charge in [-0.05, 0) is 5.92 Å². The van der Waals surface area contributed by atoms with E-state index in [4.69, 9.17) is 10.3 Å². The van der Waals surface area contributed by atoms with Gasteiger partial charge in [-0.3, -0.25) is 0 Å². The van der Waals surface area contributed by atoms with Gasteiger partial charge in [0.05, 0.1) is 0 Å². The molecule has 0 saturated heterocycles. The predicted octanol–water partition coefficient (Wildman–Crippen LogP) is 1.89. The van der Waals surface area contributed by atoms with E-state index < -0.39 is 0 Å². The fourth-order valence-electron chi connectivity index (χ4n) is 1.02. The number of hydrogen-bond acceptors (Lipinski definition) is 4. The molecule has 0 saturated carbocycles. The Bertz CT molecular complexity index is 283. The highest BCUT2D eigenvalue weighted by atomic mass is 16.5. The first-order valence-electron chi connectivity index (χ1n) is 5.09. The van der Waals surface area contributed by atoms with Gasteiger partial charge in [-0.2, -0.15) is 4.98 Å². The third-order valence-corrected chi connectivity index (χ3v) is 2.64. The molecule has 2 N–H and O–H groups in total. The average Bonchev–Trinajstić information content (AvgIpc) is 2.64. The summed E-state index contributed by atoms with van der Waals surface area (Å²) in [5, 5.41) is 3.92. The van der Waals surface area contributed by atoms with Crippen molar-refractivity contribution in [1.82, 2.24) is 10.1 Å². The molecule has 4 nitrogen and oxygen atoms in total. The third kappa shape index (κ3) is 2.32. The van der Waals surface area contributed by atoms with Crippen LogP contribution in [0.3, 0.4) is 0 Å². The van der Waals surface area contributed by atoms with Crippen molar-refractivity contribution in [2.75, 3.05) is 6.54 Å². The van der Waals surface area contributed by atoms with Crippen LogP contribution in [0, 0.1) is 5.92 Å². The van der Waals surface area contributed by atoms with E-state index >= 15 is 0 Å². The monoisotopic (exact) mass is 197 g/mol. The van der Waals surface area contributed by atoms with Gasteiger partial charge in [0.1, 0.15) is 0 Å². The highest BCUT2D eigenvalue weighted by molar-refractivity contribution is 4.98. The smallest absolute Gasteiger partial charge is 0.229 e. The number of rotatable bonds is 4. The summed E-state index contributed by atoms with van der Waals surface area (Å²) in [5.74, 6) is 2.43. The van der Waals surface area contributed by atoms with E-state index in [0.717, 1.165) is 11.7 Å². The summed E-state index contributed by atoms with van der Waals surface area (Å²) in [6.07, 6.45) is 0. The number of aromatic nitrogens is 2. The molecule has 0 aliphatic rings. The highest BCUT2D eigenvalue weighted by Gasteiger charge is 2.19. The van der Waals surface area contributed by atoms with Crippen LogP contribution in [0.15, 0.2) is 4.52 Å². The average molecular weight is 197 g/mol. The lowest BCUT2D eigenvalue weighted by molar-refractivity contribution is 0.328. The fourth-order valence-corrected chi connectivity index (χ4v) is 1.02. The van der Waals surface area contributed by atoms with Crippen molar-refractivity contribution in [3.63, 3.8) is 0 Å². The van der Waals surface area contributed by atoms with Gasteiger partial charge in [0.25, 0.3) is 0 Å². The fraction of sp³-hybridized carbons (Fsp3) is 0.800. The summed E-state index contributed by atoms with van der Waals surface area (Å²) < 4.78 is 5.19. The molecule has 0 spiro atoms. The maximum atomic E-state index is 5.53. The molecule has 4 heteroatoms. The first-order chi connectivity index (χ1) is 6.56. The van der Waals surface area contributed by atoms with Crippen LogP contribution in [0.25, 0.3) is 0 Å². The maximum Gasteiger partial charge on any atom is 0.229 e. The third-order valence-electron chi connectivity index (χ3n) is 2.64. The van der Waals surface area contributed by atoms with Gasteiger partial charge in [0.15, 0.2) is 5.82 Å². The lowest BCUT2D eigenvalue weighted by atomic mass is 9.98. The molecule has 0 bridgehead atoms. The van der Waals surface area contributed by atoms with Crippen LogP contribution in [-0.2, 0) is 0 Å². The largest absolute Gasteiger partial charge is 0.339 e. The van der Waals surface area contributed by atoms with Crippen molar-refractivity contribution in [2.45, 2.75) is 39.5 Å². The molecule has 0 amide bonds. The second-order valence-corrected chi connectivity index (χ2v) is 4.16. The minimum absolute atomic E-state index is 0.173. The van der Waals surface area contributed by atoms with Crippen LogP contribution in [-0.4, -0.2) is 16.7 Å². The van der Waals surface area contributed by atoms with Crippen molar-refractivity contribution in [1.29, 1.82) is 0 Å². The summed E-state index contributed by atoms with van der Waals surface area (Å²) in [6.45, 7) is 8.92. The Morgan fingerprint density at radius 2 is 1.93 bits per heavy atom. The molecule has 0 aliphatic carbocycles. The normalized spacial score (nSPS) is 15.9. The Morgan fingerprint density at radius 3 is 2.43 bits per heavy atom. The van der Waals surface area contributed by atoms with E-state index in [-0.39, 0.29) is 5.92 Å². The van der Waals surface area contributed by atoms with Gasteiger partial charge in [-0.25, -0.2) is 0 Å². The van der Waals surface area contributed by atoms with E-state index in [1.165, 1.54) is 0 Å². The molecule has 1 rings (SSSR count). The van der Waals surface area contributed by atoms with E-state index in [9.17, 15) is 0 Å². The number of hydrogen-bond donors (Lipinski definition) is 1. The maximum absolute atomic E-state index is 5.53. The molecule has 0 aliphatic heterocycles. The molecule has 2 unspecified atom stereocenters. The van der Waals surface area contributed by atoms with Crippen LogP contribution in [0.5, 0.6) is 0 Å². The van der Waals surface area contributed by atoms with Crippen molar-refractivity contribution in [3.05, 3.63) is 11.7 Å². The molecule has 1 aromatic heterocycles. The second kappa shape index (κ2) is 4.55. The lowest BCUT2D eigenvalue weighted by Crippen LogP contribution is -2.10. The van der Waals surface area contributed by atoms with E-state index in [2.05, 4.69) is 30.9 Å². The van der Waals surface area contributed by atoms with Crippen molar-refractivity contribution < 1.29 is 4.52 Å². The molecular weight excluding hydrogens is 178 g/mol. The first kappa shape index (κ1) is 11.2. The molecule has 0 fully saturated rings. The molecule has 1 heterocycles. The Kier molecular flexibility index (Phi) is 3.63. The van der Waals surface area contributed by atoms with Crippen molar-refractivity contribution >= 4 is 0 Å². The van der Waals surface area contributed by atoms with Gasteiger partial charge < -0.3 is 10.3 Å². The van der Waals surface area contributed by atoms with Crippen molar-refractivity contribution in [3.8, 4) is 0 Å². The lowest BCUT2D eigenvalue weighted by Gasteiger charge is -2.09. The summed E-state index contributed by atoms with van der Waals surface area (Å²) in [5.41, 5.74) is 5.53. The minimum Gasteiger partial charge on any atom is -0.339 e. The molecule has 0 aromatic carbocycles. The molecule has 2 atom stereocenters. The van der Waals surface area contributed by atoms with Crippen LogP contribution in [0.4, 0.5) is 0 Å². The Balaban J connectivity index is 2.77. The van der Waals surface area contributed by atoms with Gasteiger partial charge in [0, 0.05) is 18.4 Å². The van der Waals surface area contributed by atoms with E-state index in [1.807, 2.05) is 6.92 Å². The van der Waals surface area contributed by atoms with Crippen LogP contribution in [0.2, 0.25) is 0 Å². The Hall–Kier alpha value is -0.900. The Labute approximate surface area is 84.9 Å². The number of nitrogens with zero attached hydrogens (tertiary/aromatic N) is 2. The number of nitrogens with two attached hydrogens (primary N) is 1. The summed E-state index contributed by atoms with van der Waals surface area (Å²) in [4.78, 5) is 4.34.